The molecule has 1 aliphatic carbocycles. The smallest absolute Gasteiger partial charge is 0.143 e. The number of aryl methyl sites for hydroxylation is 1. The summed E-state index contributed by atoms with van der Waals surface area (Å²) in [7, 11) is 5.99. The molecule has 1 aliphatic rings. The minimum absolute atomic E-state index is 0. The van der Waals surface area contributed by atoms with Crippen molar-refractivity contribution in [3.63, 3.8) is 0 Å². The van der Waals surface area contributed by atoms with Crippen LogP contribution in [0.25, 0.3) is 0 Å². The van der Waals surface area contributed by atoms with Gasteiger partial charge in [-0.25, -0.2) is 4.39 Å². The first kappa shape index (κ1) is 40.9. The van der Waals surface area contributed by atoms with Crippen LogP contribution in [0, 0.1) is 66.5 Å². The molecular weight excluding hydrogens is 773 g/mol. The van der Waals surface area contributed by atoms with Gasteiger partial charge in [0.2, 0.25) is 0 Å². The van der Waals surface area contributed by atoms with Crippen LogP contribution in [-0.4, -0.2) is 47.7 Å². The Hall–Kier alpha value is -2.13. The fourth-order valence-electron chi connectivity index (χ4n) is 4.90. The number of hydrogen-bond donors (Lipinski definition) is 1. The average Bonchev–Trinajstić information content (AvgIpc) is 2.95. The first-order valence-electron chi connectivity index (χ1n) is 14.6. The molecule has 2 aromatic rings. The number of nitrogens with zero attached hydrogens (tertiary/aromatic N) is 5. The summed E-state index contributed by atoms with van der Waals surface area (Å²) in [6, 6.07) is 4.55. The maximum absolute atomic E-state index is 15.0. The van der Waals surface area contributed by atoms with E-state index in [0.29, 0.717) is 36.6 Å². The minimum Gasteiger partial charge on any atom is -0.461 e. The molecule has 0 bridgehead atoms. The van der Waals surface area contributed by atoms with Crippen molar-refractivity contribution in [2.75, 3.05) is 11.4 Å². The molecule has 11 heteroatoms. The average molecular weight is 819 g/mol. The molecule has 1 saturated carbocycles. The van der Waals surface area contributed by atoms with Crippen LogP contribution in [0.15, 0.2) is 29.5 Å². The Balaban J connectivity index is 0.000000927. The topological polar surface area (TPSA) is 102 Å². The third-order valence-corrected chi connectivity index (χ3v) is 7.51. The molecule has 43 heavy (non-hydrogen) atoms. The third-order valence-electron chi connectivity index (χ3n) is 7.51. The molecule has 1 aromatic carbocycles. The van der Waals surface area contributed by atoms with Crippen molar-refractivity contribution in [3.05, 3.63) is 47.2 Å². The number of aliphatic imine (C=N–C) groups is 1. The number of anilines is 1. The van der Waals surface area contributed by atoms with Crippen molar-refractivity contribution in [1.29, 1.82) is 5.26 Å². The van der Waals surface area contributed by atoms with Gasteiger partial charge in [0.05, 0.1) is 28.9 Å². The first-order chi connectivity index (χ1) is 19.7. The second-order valence-corrected chi connectivity index (χ2v) is 11.3. The van der Waals surface area contributed by atoms with Gasteiger partial charge in [-0.05, 0) is 89.1 Å². The summed E-state index contributed by atoms with van der Waals surface area (Å²) in [6.45, 7) is 15.2. The van der Waals surface area contributed by atoms with Gasteiger partial charge in [0.15, 0.2) is 0 Å². The molecule has 3 rings (SSSR count). The van der Waals surface area contributed by atoms with Crippen molar-refractivity contribution in [2.45, 2.75) is 105 Å². The third kappa shape index (κ3) is 11.7. The maximum atomic E-state index is 15.0. The zero-order valence-corrected chi connectivity index (χ0v) is 31.0. The Labute approximate surface area is 281 Å². The van der Waals surface area contributed by atoms with Crippen molar-refractivity contribution in [2.24, 2.45) is 16.3 Å². The molecule has 1 amide bonds. The number of halogens is 2. The van der Waals surface area contributed by atoms with E-state index in [0.717, 1.165) is 24.8 Å². The molecule has 0 aliphatic heterocycles. The molecule has 1 heterocycles. The van der Waals surface area contributed by atoms with E-state index < -0.39 is 22.4 Å². The number of amides is 1. The number of hydrogen-bond acceptors (Lipinski definition) is 6. The summed E-state index contributed by atoms with van der Waals surface area (Å²) >= 11 is 0. The van der Waals surface area contributed by atoms with Crippen LogP contribution in [0.3, 0.4) is 0 Å². The van der Waals surface area contributed by atoms with Gasteiger partial charge in [0.25, 0.3) is 0 Å². The van der Waals surface area contributed by atoms with Crippen LogP contribution in [0.2, 0.25) is 0 Å². The van der Waals surface area contributed by atoms with Gasteiger partial charge in [-0.3, -0.25) is 14.4 Å². The fraction of sp³-hybridized carbons (Fsp3) is 0.594. The Morgan fingerprint density at radius 3 is 2.47 bits per heavy atom. The maximum Gasteiger partial charge on any atom is 0.143 e. The van der Waals surface area contributed by atoms with Crippen molar-refractivity contribution < 1.29 is 49.8 Å². The van der Waals surface area contributed by atoms with E-state index in [9.17, 15) is 18.7 Å². The SMILES string of the molecule is CC.CC=Nc1cc(F)c(C#N)cc1C.[B][C@@]1(F)CCC(CN([C-]=O)c2cnc(C(C)(C)O)cn2)C[C@@]1(C)CCCC.[U]. The largest absolute Gasteiger partial charge is 0.461 e. The number of rotatable bonds is 9. The number of carbonyl (C=O) groups excluding carboxylic acids is 1. The van der Waals surface area contributed by atoms with Crippen LogP contribution >= 0.6 is 0 Å². The molecule has 1 N–H and O–H groups in total. The second-order valence-electron chi connectivity index (χ2n) is 11.3. The monoisotopic (exact) mass is 818 g/mol. The van der Waals surface area contributed by atoms with Crippen LogP contribution in [0.4, 0.5) is 20.3 Å². The van der Waals surface area contributed by atoms with Gasteiger partial charge >= 0.3 is 0 Å². The van der Waals surface area contributed by atoms with Crippen LogP contribution in [0.5, 0.6) is 0 Å². The number of aromatic nitrogens is 2. The number of aliphatic hydroxyl groups is 1. The Kier molecular flexibility index (Phi) is 17.7. The van der Waals surface area contributed by atoms with E-state index in [1.165, 1.54) is 29.4 Å². The standard InChI is InChI=1S/C20H30BFN3O2.C10H9FN2.C2H6.U/c1-5-6-8-19(4)10-15(7-9-20(19,21)22)13-25(14-26)17-12-23-16(11-24-17)18(2,3)27;1-3-13-10-5-9(11)8(6-12)4-7(10)2;1-2;/h11-12,15,27H,5-10,13H2,1-4H3;3-5H,1-2H3;1-2H3;/q-1;;;/t15?,19-,20-;;;/m1.../s1. The predicted octanol–water partition coefficient (Wildman–Crippen LogP) is 7.16. The molecule has 0 saturated heterocycles. The summed E-state index contributed by atoms with van der Waals surface area (Å²) in [4.78, 5) is 25.3. The second kappa shape index (κ2) is 18.6. The minimum atomic E-state index is -1.68. The van der Waals surface area contributed by atoms with Crippen molar-refractivity contribution >= 4 is 32.0 Å². The summed E-state index contributed by atoms with van der Waals surface area (Å²) in [5.41, 5.74) is -1.52. The molecule has 7 nitrogen and oxygen atoms in total. The Bertz CT molecular complexity index is 1220. The Morgan fingerprint density at radius 2 is 1.98 bits per heavy atom. The van der Waals surface area contributed by atoms with Crippen molar-refractivity contribution in [3.8, 4) is 6.07 Å². The summed E-state index contributed by atoms with van der Waals surface area (Å²) in [6.07, 6.45) is 10.6. The Morgan fingerprint density at radius 1 is 1.33 bits per heavy atom. The normalized spacial score (nSPS) is 21.3. The van der Waals surface area contributed by atoms with Gasteiger partial charge in [0.1, 0.15) is 25.3 Å². The van der Waals surface area contributed by atoms with Crippen LogP contribution in [-0.2, 0) is 10.4 Å². The van der Waals surface area contributed by atoms with E-state index >= 15 is 0 Å². The van der Waals surface area contributed by atoms with E-state index in [1.54, 1.807) is 40.0 Å². The van der Waals surface area contributed by atoms with E-state index in [2.05, 4.69) is 21.9 Å². The predicted molar refractivity (Wildman–Crippen MR) is 166 cm³/mol. The molecule has 1 unspecified atom stereocenters. The van der Waals surface area contributed by atoms with Gasteiger partial charge in [-0.15, -0.1) is 0 Å². The molecular formula is C32H45BF2N5O2U-. The zero-order valence-electron chi connectivity index (χ0n) is 26.8. The van der Waals surface area contributed by atoms with Gasteiger partial charge < -0.3 is 19.8 Å². The van der Waals surface area contributed by atoms with Crippen LogP contribution in [0.1, 0.15) is 104 Å². The van der Waals surface area contributed by atoms with Crippen LogP contribution < -0.4 is 4.90 Å². The fourth-order valence-corrected chi connectivity index (χ4v) is 4.90. The van der Waals surface area contributed by atoms with Crippen molar-refractivity contribution in [1.82, 2.24) is 9.97 Å². The molecule has 232 valence electrons. The quantitative estimate of drug-likeness (QED) is 0.125. The van der Waals surface area contributed by atoms with E-state index in [4.69, 9.17) is 13.1 Å². The molecule has 2 radical (unpaired) electrons. The first-order valence-corrected chi connectivity index (χ1v) is 14.6. The molecule has 1 fully saturated rings. The van der Waals surface area contributed by atoms with Gasteiger partial charge in [0, 0.05) is 55.4 Å². The number of alkyl halides is 1. The van der Waals surface area contributed by atoms with Gasteiger partial charge in [-0.1, -0.05) is 40.5 Å². The number of unbranched alkanes of at least 4 members (excludes halogenated alkanes) is 1. The molecule has 3 atom stereocenters. The zero-order chi connectivity index (χ0) is 32.1. The number of nitriles is 1. The summed E-state index contributed by atoms with van der Waals surface area (Å²) in [5.74, 6) is -0.0247. The number of benzene rings is 1. The molecule has 1 aromatic heterocycles. The molecule has 0 spiro atoms. The summed E-state index contributed by atoms with van der Waals surface area (Å²) < 4.78 is 28.0. The van der Waals surface area contributed by atoms with E-state index in [1.807, 2.05) is 27.2 Å². The van der Waals surface area contributed by atoms with E-state index in [-0.39, 0.29) is 49.0 Å². The summed E-state index contributed by atoms with van der Waals surface area (Å²) in [5, 5.41) is 18.5. The van der Waals surface area contributed by atoms with Gasteiger partial charge in [-0.2, -0.15) is 5.26 Å².